The first kappa shape index (κ1) is 17.3. The number of alkyl halides is 3. The maximum absolute atomic E-state index is 13.0. The Kier molecular flexibility index (Phi) is 5.87. The highest BCUT2D eigenvalue weighted by Crippen LogP contribution is 2.32. The molecule has 2 nitrogen and oxygen atoms in total. The summed E-state index contributed by atoms with van der Waals surface area (Å²) in [6.45, 7) is 3.46. The lowest BCUT2D eigenvalue weighted by Crippen LogP contribution is -2.32. The standard InChI is InChI=1S/C17H25F3N2/c1-21-10-7-14(8-11-21)9-12-22(2)13-15-5-3-4-6-16(15)17(18,19)20/h3-6,14H,7-13H2,1-2H3. The second-order valence-electron chi connectivity index (χ2n) is 6.43. The van der Waals surface area contributed by atoms with Crippen LogP contribution in [0.25, 0.3) is 0 Å². The predicted octanol–water partition coefficient (Wildman–Crippen LogP) is 3.87. The van der Waals surface area contributed by atoms with Gasteiger partial charge in [0.2, 0.25) is 0 Å². The molecule has 1 saturated heterocycles. The molecule has 0 aliphatic carbocycles. The van der Waals surface area contributed by atoms with Crippen LogP contribution in [0.15, 0.2) is 24.3 Å². The summed E-state index contributed by atoms with van der Waals surface area (Å²) in [7, 11) is 4.04. The number of nitrogens with zero attached hydrogens (tertiary/aromatic N) is 2. The van der Waals surface area contributed by atoms with E-state index in [9.17, 15) is 13.2 Å². The molecule has 2 rings (SSSR count). The molecule has 22 heavy (non-hydrogen) atoms. The van der Waals surface area contributed by atoms with E-state index in [1.165, 1.54) is 25.0 Å². The van der Waals surface area contributed by atoms with Crippen LogP contribution in [0.4, 0.5) is 13.2 Å². The third kappa shape index (κ3) is 4.99. The lowest BCUT2D eigenvalue weighted by atomic mass is 9.93. The molecule has 0 amide bonds. The van der Waals surface area contributed by atoms with Gasteiger partial charge in [0.1, 0.15) is 0 Å². The molecule has 5 heteroatoms. The Morgan fingerprint density at radius 2 is 1.82 bits per heavy atom. The lowest BCUT2D eigenvalue weighted by molar-refractivity contribution is -0.138. The van der Waals surface area contributed by atoms with Gasteiger partial charge in [-0.2, -0.15) is 13.2 Å². The van der Waals surface area contributed by atoms with Crippen LogP contribution in [0.2, 0.25) is 0 Å². The fourth-order valence-corrected chi connectivity index (χ4v) is 3.06. The molecule has 1 aliphatic rings. The second-order valence-corrected chi connectivity index (χ2v) is 6.43. The summed E-state index contributed by atoms with van der Waals surface area (Å²) in [4.78, 5) is 4.34. The van der Waals surface area contributed by atoms with Gasteiger partial charge in [-0.15, -0.1) is 0 Å². The molecule has 0 saturated carbocycles. The zero-order chi connectivity index (χ0) is 16.2. The van der Waals surface area contributed by atoms with Crippen LogP contribution in [0.1, 0.15) is 30.4 Å². The Bertz CT molecular complexity index is 465. The van der Waals surface area contributed by atoms with E-state index in [1.807, 2.05) is 11.9 Å². The first-order valence-electron chi connectivity index (χ1n) is 7.88. The van der Waals surface area contributed by atoms with Crippen LogP contribution in [0, 0.1) is 5.92 Å². The molecule has 1 aromatic rings. The van der Waals surface area contributed by atoms with Gasteiger partial charge in [-0.1, -0.05) is 18.2 Å². The van der Waals surface area contributed by atoms with Crippen molar-refractivity contribution in [3.8, 4) is 0 Å². The Balaban J connectivity index is 1.86. The summed E-state index contributed by atoms with van der Waals surface area (Å²) < 4.78 is 39.0. The summed E-state index contributed by atoms with van der Waals surface area (Å²) in [6.07, 6.45) is -0.809. The van der Waals surface area contributed by atoms with E-state index in [1.54, 1.807) is 12.1 Å². The molecular weight excluding hydrogens is 289 g/mol. The van der Waals surface area contributed by atoms with E-state index in [0.29, 0.717) is 18.0 Å². The predicted molar refractivity (Wildman–Crippen MR) is 82.6 cm³/mol. The smallest absolute Gasteiger partial charge is 0.306 e. The Hall–Kier alpha value is -1.07. The first-order valence-corrected chi connectivity index (χ1v) is 7.88. The van der Waals surface area contributed by atoms with Crippen molar-refractivity contribution in [2.45, 2.75) is 32.0 Å². The van der Waals surface area contributed by atoms with E-state index < -0.39 is 11.7 Å². The number of rotatable bonds is 5. The third-order valence-electron chi connectivity index (χ3n) is 4.52. The number of halogens is 3. The van der Waals surface area contributed by atoms with Crippen molar-refractivity contribution in [2.75, 3.05) is 33.7 Å². The molecule has 1 aliphatic heterocycles. The maximum atomic E-state index is 13.0. The van der Waals surface area contributed by atoms with Gasteiger partial charge in [-0.3, -0.25) is 0 Å². The summed E-state index contributed by atoms with van der Waals surface area (Å²) in [5, 5.41) is 0. The van der Waals surface area contributed by atoms with E-state index >= 15 is 0 Å². The first-order chi connectivity index (χ1) is 10.4. The lowest BCUT2D eigenvalue weighted by Gasteiger charge is -2.30. The minimum atomic E-state index is -4.27. The van der Waals surface area contributed by atoms with Crippen LogP contribution in [-0.2, 0) is 12.7 Å². The number of likely N-dealkylation sites (tertiary alicyclic amines) is 1. The SMILES string of the molecule is CN1CCC(CCN(C)Cc2ccccc2C(F)(F)F)CC1. The van der Waals surface area contributed by atoms with Gasteiger partial charge in [0, 0.05) is 6.54 Å². The van der Waals surface area contributed by atoms with Crippen LogP contribution in [0.5, 0.6) is 0 Å². The molecule has 0 bridgehead atoms. The van der Waals surface area contributed by atoms with Crippen molar-refractivity contribution >= 4 is 0 Å². The third-order valence-corrected chi connectivity index (χ3v) is 4.52. The Labute approximate surface area is 130 Å². The molecule has 0 atom stereocenters. The fraction of sp³-hybridized carbons (Fsp3) is 0.647. The van der Waals surface area contributed by atoms with Crippen molar-refractivity contribution in [1.29, 1.82) is 0 Å². The largest absolute Gasteiger partial charge is 0.416 e. The Morgan fingerprint density at radius 1 is 1.18 bits per heavy atom. The number of hydrogen-bond donors (Lipinski definition) is 0. The highest BCUT2D eigenvalue weighted by molar-refractivity contribution is 5.29. The minimum absolute atomic E-state index is 0.350. The average molecular weight is 314 g/mol. The maximum Gasteiger partial charge on any atom is 0.416 e. The minimum Gasteiger partial charge on any atom is -0.306 e. The van der Waals surface area contributed by atoms with E-state index in [2.05, 4.69) is 11.9 Å². The summed E-state index contributed by atoms with van der Waals surface area (Å²) in [5.41, 5.74) is -0.151. The van der Waals surface area contributed by atoms with Crippen LogP contribution < -0.4 is 0 Å². The van der Waals surface area contributed by atoms with Gasteiger partial charge < -0.3 is 9.80 Å². The quantitative estimate of drug-likeness (QED) is 0.814. The molecule has 0 aromatic heterocycles. The van der Waals surface area contributed by atoms with Crippen LogP contribution >= 0.6 is 0 Å². The van der Waals surface area contributed by atoms with Crippen molar-refractivity contribution < 1.29 is 13.2 Å². The van der Waals surface area contributed by atoms with Crippen LogP contribution in [0.3, 0.4) is 0 Å². The van der Waals surface area contributed by atoms with Gasteiger partial charge in [-0.25, -0.2) is 0 Å². The molecule has 1 heterocycles. The number of hydrogen-bond acceptors (Lipinski definition) is 2. The molecule has 0 N–H and O–H groups in total. The number of piperidine rings is 1. The van der Waals surface area contributed by atoms with Crippen molar-refractivity contribution in [1.82, 2.24) is 9.80 Å². The summed E-state index contributed by atoms with van der Waals surface area (Å²) >= 11 is 0. The molecule has 1 aromatic carbocycles. The monoisotopic (exact) mass is 314 g/mol. The molecular formula is C17H25F3N2. The van der Waals surface area contributed by atoms with Gasteiger partial charge in [0.25, 0.3) is 0 Å². The van der Waals surface area contributed by atoms with Gasteiger partial charge >= 0.3 is 6.18 Å². The second kappa shape index (κ2) is 7.47. The highest BCUT2D eigenvalue weighted by atomic mass is 19.4. The molecule has 0 spiro atoms. The normalized spacial score (nSPS) is 18.1. The van der Waals surface area contributed by atoms with Crippen molar-refractivity contribution in [3.05, 3.63) is 35.4 Å². The van der Waals surface area contributed by atoms with E-state index in [0.717, 1.165) is 26.1 Å². The topological polar surface area (TPSA) is 6.48 Å². The van der Waals surface area contributed by atoms with Crippen LogP contribution in [-0.4, -0.2) is 43.5 Å². The fourth-order valence-electron chi connectivity index (χ4n) is 3.06. The molecule has 1 fully saturated rings. The van der Waals surface area contributed by atoms with E-state index in [-0.39, 0.29) is 0 Å². The van der Waals surface area contributed by atoms with E-state index in [4.69, 9.17) is 0 Å². The molecule has 0 unspecified atom stereocenters. The zero-order valence-electron chi connectivity index (χ0n) is 13.4. The van der Waals surface area contributed by atoms with Gasteiger partial charge in [0.05, 0.1) is 5.56 Å². The van der Waals surface area contributed by atoms with Crippen molar-refractivity contribution in [2.24, 2.45) is 5.92 Å². The van der Waals surface area contributed by atoms with Gasteiger partial charge in [0.15, 0.2) is 0 Å². The molecule has 0 radical (unpaired) electrons. The highest BCUT2D eigenvalue weighted by Gasteiger charge is 2.33. The molecule has 124 valence electrons. The summed E-state index contributed by atoms with van der Waals surface area (Å²) in [6, 6.07) is 5.87. The van der Waals surface area contributed by atoms with Gasteiger partial charge in [-0.05, 0) is 70.5 Å². The summed E-state index contributed by atoms with van der Waals surface area (Å²) in [5.74, 6) is 0.705. The Morgan fingerprint density at radius 3 is 2.45 bits per heavy atom. The average Bonchev–Trinajstić information content (AvgIpc) is 2.46. The zero-order valence-corrected chi connectivity index (χ0v) is 13.4. The number of benzene rings is 1. The van der Waals surface area contributed by atoms with Crippen molar-refractivity contribution in [3.63, 3.8) is 0 Å².